The van der Waals surface area contributed by atoms with Crippen molar-refractivity contribution in [3.63, 3.8) is 0 Å². The number of rotatable bonds is 4. The average molecular weight is 362 g/mol. The monoisotopic (exact) mass is 362 g/mol. The summed E-state index contributed by atoms with van der Waals surface area (Å²) in [7, 11) is 1.59. The van der Waals surface area contributed by atoms with Crippen LogP contribution in [0.4, 0.5) is 5.69 Å². The Labute approximate surface area is 156 Å². The summed E-state index contributed by atoms with van der Waals surface area (Å²) in [6.07, 6.45) is 1.78. The first-order valence-corrected chi connectivity index (χ1v) is 8.65. The minimum absolute atomic E-state index is 0.0989. The molecule has 6 heteroatoms. The molecule has 0 aliphatic carbocycles. The van der Waals surface area contributed by atoms with Crippen LogP contribution in [0.2, 0.25) is 0 Å². The first-order valence-electron chi connectivity index (χ1n) is 8.65. The number of nitrogens with zero attached hydrogens (tertiary/aromatic N) is 2. The summed E-state index contributed by atoms with van der Waals surface area (Å²) in [4.78, 5) is 30.9. The van der Waals surface area contributed by atoms with Crippen molar-refractivity contribution in [3.05, 3.63) is 60.8 Å². The van der Waals surface area contributed by atoms with Gasteiger partial charge in [-0.2, -0.15) is 0 Å². The maximum absolute atomic E-state index is 12.6. The number of hydrogen-bond acceptors (Lipinski definition) is 5. The van der Waals surface area contributed by atoms with E-state index in [-0.39, 0.29) is 12.3 Å². The largest absolute Gasteiger partial charge is 0.497 e. The number of benzene rings is 2. The van der Waals surface area contributed by atoms with Crippen molar-refractivity contribution in [2.24, 2.45) is 5.92 Å². The predicted octanol–water partition coefficient (Wildman–Crippen LogP) is 3.20. The summed E-state index contributed by atoms with van der Waals surface area (Å²) in [5.74, 6) is 0.0903. The fraction of sp³-hybridized carbons (Fsp3) is 0.190. The van der Waals surface area contributed by atoms with E-state index < -0.39 is 11.9 Å². The Bertz CT molecular complexity index is 995. The number of hydrogen-bond donors (Lipinski definition) is 0. The van der Waals surface area contributed by atoms with Crippen molar-refractivity contribution < 1.29 is 19.1 Å². The molecule has 2 heterocycles. The molecule has 0 radical (unpaired) electrons. The van der Waals surface area contributed by atoms with Crippen molar-refractivity contribution >= 4 is 28.5 Å². The summed E-state index contributed by atoms with van der Waals surface area (Å²) in [6, 6.07) is 16.4. The predicted molar refractivity (Wildman–Crippen MR) is 101 cm³/mol. The molecule has 4 rings (SSSR count). The molecule has 3 aromatic rings. The lowest BCUT2D eigenvalue weighted by atomic mass is 10.1. The fourth-order valence-electron chi connectivity index (χ4n) is 3.23. The Kier molecular flexibility index (Phi) is 4.46. The van der Waals surface area contributed by atoms with Gasteiger partial charge in [0.05, 0.1) is 13.0 Å². The molecule has 0 spiro atoms. The highest BCUT2D eigenvalue weighted by Crippen LogP contribution is 2.29. The smallest absolute Gasteiger partial charge is 0.316 e. The van der Waals surface area contributed by atoms with Gasteiger partial charge in [-0.15, -0.1) is 0 Å². The maximum Gasteiger partial charge on any atom is 0.316 e. The molecule has 2 aromatic carbocycles. The molecular weight excluding hydrogens is 344 g/mol. The molecule has 1 amide bonds. The van der Waals surface area contributed by atoms with Gasteiger partial charge in [0.1, 0.15) is 11.3 Å². The molecule has 6 nitrogen and oxygen atoms in total. The second-order valence-corrected chi connectivity index (χ2v) is 6.36. The molecule has 1 aliphatic rings. The quantitative estimate of drug-likeness (QED) is 0.527. The normalized spacial score (nSPS) is 16.6. The lowest BCUT2D eigenvalue weighted by Gasteiger charge is -2.17. The molecule has 1 atom stereocenters. The molecule has 1 aromatic heterocycles. The topological polar surface area (TPSA) is 68.7 Å². The van der Waals surface area contributed by atoms with E-state index in [9.17, 15) is 9.59 Å². The van der Waals surface area contributed by atoms with Gasteiger partial charge in [0, 0.05) is 30.2 Å². The number of pyridine rings is 1. The Morgan fingerprint density at radius 3 is 2.67 bits per heavy atom. The van der Waals surface area contributed by atoms with Crippen molar-refractivity contribution in [1.29, 1.82) is 0 Å². The molecule has 1 fully saturated rings. The maximum atomic E-state index is 12.6. The number of methoxy groups -OCH3 is 1. The highest BCUT2D eigenvalue weighted by atomic mass is 16.5. The highest BCUT2D eigenvalue weighted by Gasteiger charge is 2.36. The van der Waals surface area contributed by atoms with Crippen molar-refractivity contribution in [3.8, 4) is 11.5 Å². The molecule has 0 saturated carbocycles. The van der Waals surface area contributed by atoms with Crippen LogP contribution < -0.4 is 14.4 Å². The number of carbonyl (C=O) groups excluding carboxylic acids is 2. The highest BCUT2D eigenvalue weighted by molar-refractivity contribution is 6.00. The van der Waals surface area contributed by atoms with E-state index in [2.05, 4.69) is 4.98 Å². The van der Waals surface area contributed by atoms with Crippen LogP contribution in [0.15, 0.2) is 60.8 Å². The fourth-order valence-corrected chi connectivity index (χ4v) is 3.23. The van der Waals surface area contributed by atoms with Gasteiger partial charge in [0.2, 0.25) is 5.91 Å². The van der Waals surface area contributed by atoms with Crippen LogP contribution >= 0.6 is 0 Å². The van der Waals surface area contributed by atoms with Crippen molar-refractivity contribution in [1.82, 2.24) is 4.98 Å². The van der Waals surface area contributed by atoms with E-state index in [0.717, 1.165) is 11.1 Å². The third-order valence-electron chi connectivity index (χ3n) is 4.65. The van der Waals surface area contributed by atoms with Gasteiger partial charge < -0.3 is 14.4 Å². The lowest BCUT2D eigenvalue weighted by molar-refractivity contribution is -0.139. The van der Waals surface area contributed by atoms with Crippen LogP contribution in [-0.2, 0) is 9.59 Å². The number of ether oxygens (including phenoxy) is 2. The van der Waals surface area contributed by atoms with E-state index in [1.165, 1.54) is 0 Å². The van der Waals surface area contributed by atoms with Crippen LogP contribution in [0, 0.1) is 5.92 Å². The van der Waals surface area contributed by atoms with Crippen LogP contribution in [0.3, 0.4) is 0 Å². The molecular formula is C21H18N2O4. The minimum atomic E-state index is -0.515. The second kappa shape index (κ2) is 7.07. The zero-order valence-electron chi connectivity index (χ0n) is 14.8. The molecule has 0 N–H and O–H groups in total. The number of amides is 1. The Morgan fingerprint density at radius 2 is 1.89 bits per heavy atom. The van der Waals surface area contributed by atoms with Gasteiger partial charge in [-0.1, -0.05) is 18.2 Å². The summed E-state index contributed by atoms with van der Waals surface area (Å²) < 4.78 is 10.7. The van der Waals surface area contributed by atoms with Crippen LogP contribution in [0.5, 0.6) is 11.5 Å². The molecule has 1 aliphatic heterocycles. The SMILES string of the molecule is COc1ccc(N2C[C@H](C(=O)Oc3cccc4cccnc34)CC2=O)cc1. The number of para-hydroxylation sites is 1. The van der Waals surface area contributed by atoms with E-state index in [1.54, 1.807) is 48.5 Å². The zero-order chi connectivity index (χ0) is 18.8. The number of fused-ring (bicyclic) bond motifs is 1. The van der Waals surface area contributed by atoms with Crippen LogP contribution in [0.1, 0.15) is 6.42 Å². The number of aromatic nitrogens is 1. The van der Waals surface area contributed by atoms with Gasteiger partial charge in [0.25, 0.3) is 0 Å². The molecule has 1 saturated heterocycles. The third kappa shape index (κ3) is 3.33. The number of carbonyl (C=O) groups is 2. The third-order valence-corrected chi connectivity index (χ3v) is 4.65. The molecule has 27 heavy (non-hydrogen) atoms. The van der Waals surface area contributed by atoms with Gasteiger partial charge in [-0.3, -0.25) is 14.6 Å². The Hall–Kier alpha value is -3.41. The molecule has 0 unspecified atom stereocenters. The number of esters is 1. The van der Waals surface area contributed by atoms with Crippen molar-refractivity contribution in [2.75, 3.05) is 18.6 Å². The van der Waals surface area contributed by atoms with E-state index >= 15 is 0 Å². The summed E-state index contributed by atoms with van der Waals surface area (Å²) in [5.41, 5.74) is 1.37. The standard InChI is InChI=1S/C21H18N2O4/c1-26-17-9-7-16(8-10-17)23-13-15(12-19(23)24)21(25)27-18-6-2-4-14-5-3-11-22-20(14)18/h2-11,15H,12-13H2,1H3/t15-/m1/s1. The summed E-state index contributed by atoms with van der Waals surface area (Å²) >= 11 is 0. The van der Waals surface area contributed by atoms with E-state index in [1.807, 2.05) is 24.3 Å². The first kappa shape index (κ1) is 17.0. The summed E-state index contributed by atoms with van der Waals surface area (Å²) in [5, 5.41) is 0.894. The zero-order valence-corrected chi connectivity index (χ0v) is 14.8. The second-order valence-electron chi connectivity index (χ2n) is 6.36. The van der Waals surface area contributed by atoms with Gasteiger partial charge in [-0.25, -0.2) is 0 Å². The minimum Gasteiger partial charge on any atom is -0.497 e. The van der Waals surface area contributed by atoms with Crippen molar-refractivity contribution in [2.45, 2.75) is 6.42 Å². The van der Waals surface area contributed by atoms with Crippen LogP contribution in [-0.4, -0.2) is 30.5 Å². The van der Waals surface area contributed by atoms with Gasteiger partial charge >= 0.3 is 5.97 Å². The van der Waals surface area contributed by atoms with E-state index in [4.69, 9.17) is 9.47 Å². The number of anilines is 1. The molecule has 0 bridgehead atoms. The Balaban J connectivity index is 1.50. The van der Waals surface area contributed by atoms with Crippen LogP contribution in [0.25, 0.3) is 10.9 Å². The summed E-state index contributed by atoms with van der Waals surface area (Å²) in [6.45, 7) is 0.294. The average Bonchev–Trinajstić information content (AvgIpc) is 3.10. The molecule has 136 valence electrons. The Morgan fingerprint density at radius 1 is 1.11 bits per heavy atom. The lowest BCUT2D eigenvalue weighted by Crippen LogP contribution is -2.27. The van der Waals surface area contributed by atoms with E-state index in [0.29, 0.717) is 23.6 Å². The van der Waals surface area contributed by atoms with Gasteiger partial charge in [-0.05, 0) is 36.4 Å². The van der Waals surface area contributed by atoms with Gasteiger partial charge in [0.15, 0.2) is 5.75 Å². The first-order chi connectivity index (χ1) is 13.2.